The fraction of sp³-hybridized carbons (Fsp3) is 0.632. The van der Waals surface area contributed by atoms with Gasteiger partial charge >= 0.3 is 0 Å². The minimum absolute atomic E-state index is 0.0857. The van der Waals surface area contributed by atoms with Crippen LogP contribution in [0, 0.1) is 11.8 Å². The van der Waals surface area contributed by atoms with E-state index in [-0.39, 0.29) is 11.9 Å². The largest absolute Gasteiger partial charge is 0.489 e. The number of hydrogen-bond donors (Lipinski definition) is 1. The number of nitrogens with one attached hydrogen (secondary N) is 1. The topological polar surface area (TPSA) is 38.3 Å². The maximum atomic E-state index is 11.9. The molecule has 1 saturated carbocycles. The van der Waals surface area contributed by atoms with Gasteiger partial charge in [-0.15, -0.1) is 0 Å². The van der Waals surface area contributed by atoms with E-state index in [0.29, 0.717) is 17.4 Å². The SMILES string of the molecule is CC(=O)c1ccccc1O[C@@H](C1CCCCC1)[C@@H]1CCNC1. The fourth-order valence-corrected chi connectivity index (χ4v) is 4.00. The summed E-state index contributed by atoms with van der Waals surface area (Å²) >= 11 is 0. The number of hydrogen-bond acceptors (Lipinski definition) is 3. The molecule has 0 bridgehead atoms. The molecule has 1 aliphatic heterocycles. The summed E-state index contributed by atoms with van der Waals surface area (Å²) in [7, 11) is 0. The summed E-state index contributed by atoms with van der Waals surface area (Å²) in [5, 5.41) is 3.47. The van der Waals surface area contributed by atoms with Crippen LogP contribution in [0.5, 0.6) is 5.75 Å². The molecule has 2 aliphatic rings. The van der Waals surface area contributed by atoms with E-state index in [9.17, 15) is 4.79 Å². The molecule has 1 saturated heterocycles. The van der Waals surface area contributed by atoms with Crippen LogP contribution in [0.1, 0.15) is 55.8 Å². The maximum Gasteiger partial charge on any atom is 0.163 e. The van der Waals surface area contributed by atoms with Crippen molar-refractivity contribution in [2.24, 2.45) is 11.8 Å². The first-order chi connectivity index (χ1) is 10.8. The highest BCUT2D eigenvalue weighted by Gasteiger charge is 2.34. The highest BCUT2D eigenvalue weighted by atomic mass is 16.5. The zero-order chi connectivity index (χ0) is 15.4. The van der Waals surface area contributed by atoms with Crippen LogP contribution < -0.4 is 10.1 Å². The molecule has 2 atom stereocenters. The standard InChI is InChI=1S/C19H27NO2/c1-14(21)17-9-5-6-10-18(17)22-19(16-11-12-20-13-16)15-7-3-2-4-8-15/h5-6,9-10,15-16,19-20H,2-4,7-8,11-13H2,1H3/t16-,19+/m1/s1. The van der Waals surface area contributed by atoms with Crippen LogP contribution in [0.2, 0.25) is 0 Å². The minimum atomic E-state index is 0.0857. The number of carbonyl (C=O) groups excluding carboxylic acids is 1. The van der Waals surface area contributed by atoms with E-state index in [1.54, 1.807) is 6.92 Å². The first-order valence-corrected chi connectivity index (χ1v) is 8.73. The van der Waals surface area contributed by atoms with Crippen LogP contribution in [0.15, 0.2) is 24.3 Å². The summed E-state index contributed by atoms with van der Waals surface area (Å²) in [4.78, 5) is 11.9. The molecule has 22 heavy (non-hydrogen) atoms. The Kier molecular flexibility index (Phi) is 5.14. The molecule has 0 amide bonds. The third-order valence-electron chi connectivity index (χ3n) is 5.21. The number of ketones is 1. The molecule has 1 heterocycles. The van der Waals surface area contributed by atoms with Gasteiger partial charge in [-0.05, 0) is 50.8 Å². The minimum Gasteiger partial charge on any atom is -0.489 e. The number of carbonyl (C=O) groups is 1. The van der Waals surface area contributed by atoms with Crippen molar-refractivity contribution in [3.05, 3.63) is 29.8 Å². The highest BCUT2D eigenvalue weighted by molar-refractivity contribution is 5.96. The molecule has 0 aromatic heterocycles. The van der Waals surface area contributed by atoms with E-state index in [1.807, 2.05) is 24.3 Å². The second-order valence-corrected chi connectivity index (χ2v) is 6.79. The summed E-state index contributed by atoms with van der Waals surface area (Å²) in [6, 6.07) is 7.71. The van der Waals surface area contributed by atoms with Gasteiger partial charge < -0.3 is 10.1 Å². The van der Waals surface area contributed by atoms with Gasteiger partial charge in [0.15, 0.2) is 5.78 Å². The predicted molar refractivity (Wildman–Crippen MR) is 88.4 cm³/mol. The van der Waals surface area contributed by atoms with Crippen molar-refractivity contribution in [2.75, 3.05) is 13.1 Å². The quantitative estimate of drug-likeness (QED) is 0.840. The lowest BCUT2D eigenvalue weighted by molar-refractivity contribution is 0.0609. The van der Waals surface area contributed by atoms with E-state index in [0.717, 1.165) is 18.8 Å². The van der Waals surface area contributed by atoms with Gasteiger partial charge in [-0.3, -0.25) is 4.79 Å². The van der Waals surface area contributed by atoms with Crippen LogP contribution in [-0.2, 0) is 0 Å². The third-order valence-corrected chi connectivity index (χ3v) is 5.21. The molecular weight excluding hydrogens is 274 g/mol. The zero-order valence-corrected chi connectivity index (χ0v) is 13.5. The van der Waals surface area contributed by atoms with E-state index in [4.69, 9.17) is 4.74 Å². The summed E-state index contributed by atoms with van der Waals surface area (Å²) < 4.78 is 6.47. The Balaban J connectivity index is 1.81. The lowest BCUT2D eigenvalue weighted by atomic mass is 9.80. The average Bonchev–Trinajstić information content (AvgIpc) is 3.08. The molecule has 0 spiro atoms. The predicted octanol–water partition coefficient (Wildman–Crippen LogP) is 3.83. The molecule has 3 heteroatoms. The van der Waals surface area contributed by atoms with Crippen LogP contribution in [-0.4, -0.2) is 25.0 Å². The van der Waals surface area contributed by atoms with Crippen LogP contribution in [0.4, 0.5) is 0 Å². The first kappa shape index (κ1) is 15.5. The summed E-state index contributed by atoms with van der Waals surface area (Å²) in [6.07, 6.45) is 7.96. The maximum absolute atomic E-state index is 11.9. The molecule has 1 N–H and O–H groups in total. The number of rotatable bonds is 5. The molecule has 3 rings (SSSR count). The van der Waals surface area contributed by atoms with Crippen LogP contribution in [0.3, 0.4) is 0 Å². The lowest BCUT2D eigenvalue weighted by Crippen LogP contribution is -2.37. The summed E-state index contributed by atoms with van der Waals surface area (Å²) in [5.41, 5.74) is 0.717. The van der Waals surface area contributed by atoms with Gasteiger partial charge in [-0.1, -0.05) is 31.4 Å². The Bertz CT molecular complexity index is 502. The van der Waals surface area contributed by atoms with Crippen molar-refractivity contribution >= 4 is 5.78 Å². The Morgan fingerprint density at radius 1 is 1.14 bits per heavy atom. The zero-order valence-electron chi connectivity index (χ0n) is 13.5. The van der Waals surface area contributed by atoms with Crippen molar-refractivity contribution in [3.63, 3.8) is 0 Å². The summed E-state index contributed by atoms with van der Waals surface area (Å²) in [5.74, 6) is 2.07. The second kappa shape index (κ2) is 7.28. The Morgan fingerprint density at radius 2 is 1.91 bits per heavy atom. The molecule has 0 radical (unpaired) electrons. The van der Waals surface area contributed by atoms with Crippen molar-refractivity contribution in [3.8, 4) is 5.75 Å². The van der Waals surface area contributed by atoms with E-state index in [2.05, 4.69) is 5.32 Å². The molecule has 3 nitrogen and oxygen atoms in total. The first-order valence-electron chi connectivity index (χ1n) is 8.73. The van der Waals surface area contributed by atoms with Gasteiger partial charge in [-0.2, -0.15) is 0 Å². The van der Waals surface area contributed by atoms with Crippen LogP contribution in [0.25, 0.3) is 0 Å². The highest BCUT2D eigenvalue weighted by Crippen LogP contribution is 2.35. The number of Topliss-reactive ketones (excluding diaryl/α,β-unsaturated/α-hetero) is 1. The van der Waals surface area contributed by atoms with Crippen molar-refractivity contribution in [2.45, 2.75) is 51.6 Å². The Morgan fingerprint density at radius 3 is 2.59 bits per heavy atom. The normalized spacial score (nSPS) is 24.1. The molecular formula is C19H27NO2. The smallest absolute Gasteiger partial charge is 0.163 e. The molecule has 2 fully saturated rings. The molecule has 0 unspecified atom stereocenters. The Labute approximate surface area is 133 Å². The molecule has 1 aromatic carbocycles. The van der Waals surface area contributed by atoms with Crippen molar-refractivity contribution in [1.29, 1.82) is 0 Å². The molecule has 1 aromatic rings. The monoisotopic (exact) mass is 301 g/mol. The van der Waals surface area contributed by atoms with Crippen molar-refractivity contribution in [1.82, 2.24) is 5.32 Å². The van der Waals surface area contributed by atoms with Crippen LogP contribution >= 0.6 is 0 Å². The number of benzene rings is 1. The fourth-order valence-electron chi connectivity index (χ4n) is 4.00. The van der Waals surface area contributed by atoms with Gasteiger partial charge in [0.2, 0.25) is 0 Å². The number of para-hydroxylation sites is 1. The van der Waals surface area contributed by atoms with Gasteiger partial charge in [0.25, 0.3) is 0 Å². The van der Waals surface area contributed by atoms with E-state index >= 15 is 0 Å². The van der Waals surface area contributed by atoms with Crippen molar-refractivity contribution < 1.29 is 9.53 Å². The van der Waals surface area contributed by atoms with Gasteiger partial charge in [-0.25, -0.2) is 0 Å². The Hall–Kier alpha value is -1.35. The van der Waals surface area contributed by atoms with E-state index in [1.165, 1.54) is 38.5 Å². The van der Waals surface area contributed by atoms with Gasteiger partial charge in [0.1, 0.15) is 11.9 Å². The third kappa shape index (κ3) is 3.52. The average molecular weight is 301 g/mol. The van der Waals surface area contributed by atoms with Gasteiger partial charge in [0, 0.05) is 12.5 Å². The van der Waals surface area contributed by atoms with E-state index < -0.39 is 0 Å². The number of ether oxygens (including phenoxy) is 1. The lowest BCUT2D eigenvalue weighted by Gasteiger charge is -2.34. The van der Waals surface area contributed by atoms with Gasteiger partial charge in [0.05, 0.1) is 5.56 Å². The summed E-state index contributed by atoms with van der Waals surface area (Å²) in [6.45, 7) is 3.75. The second-order valence-electron chi connectivity index (χ2n) is 6.79. The molecule has 1 aliphatic carbocycles. The molecule has 120 valence electrons.